The zero-order valence-electron chi connectivity index (χ0n) is 12.5. The number of nitrogens with zero attached hydrogens (tertiary/aromatic N) is 3. The van der Waals surface area contributed by atoms with Gasteiger partial charge in [-0.2, -0.15) is 4.52 Å². The molecule has 0 aliphatic rings. The maximum absolute atomic E-state index is 12.6. The molecule has 5 nitrogen and oxygen atoms in total. The molecule has 2 aromatic carbocycles. The molecule has 2 heterocycles. The first-order valence-corrected chi connectivity index (χ1v) is 8.10. The molecule has 0 aliphatic heterocycles. The van der Waals surface area contributed by atoms with Crippen LogP contribution in [0, 0.1) is 6.92 Å². The standard InChI is InChI=1S/C17H14N4OS/c1-11-7-8-14-13(9-11)15(22)21-17(19-14)23-16(20-21)18-10-12-5-3-2-4-6-12/h2-9H,10H2,1H3,(H,18,20). The molecule has 0 unspecified atom stereocenters. The van der Waals surface area contributed by atoms with Crippen molar-refractivity contribution in [2.45, 2.75) is 13.5 Å². The third-order valence-electron chi connectivity index (χ3n) is 3.64. The summed E-state index contributed by atoms with van der Waals surface area (Å²) in [5.74, 6) is 0. The zero-order valence-corrected chi connectivity index (χ0v) is 13.3. The maximum Gasteiger partial charge on any atom is 0.283 e. The van der Waals surface area contributed by atoms with Crippen LogP contribution in [0.25, 0.3) is 15.9 Å². The number of hydrogen-bond acceptors (Lipinski definition) is 5. The van der Waals surface area contributed by atoms with E-state index in [0.29, 0.717) is 27.5 Å². The lowest BCUT2D eigenvalue weighted by Crippen LogP contribution is -2.15. The van der Waals surface area contributed by atoms with Gasteiger partial charge in [0.15, 0.2) is 0 Å². The van der Waals surface area contributed by atoms with E-state index in [4.69, 9.17) is 0 Å². The highest BCUT2D eigenvalue weighted by Crippen LogP contribution is 2.20. The van der Waals surface area contributed by atoms with Crippen LogP contribution in [0.15, 0.2) is 53.3 Å². The van der Waals surface area contributed by atoms with Gasteiger partial charge in [0.2, 0.25) is 10.1 Å². The van der Waals surface area contributed by atoms with Crippen LogP contribution in [0.1, 0.15) is 11.1 Å². The zero-order chi connectivity index (χ0) is 15.8. The quantitative estimate of drug-likeness (QED) is 0.629. The Kier molecular flexibility index (Phi) is 3.31. The molecule has 1 N–H and O–H groups in total. The van der Waals surface area contributed by atoms with Crippen LogP contribution < -0.4 is 10.9 Å². The molecule has 0 aliphatic carbocycles. The SMILES string of the molecule is Cc1ccc2nc3sc(NCc4ccccc4)nn3c(=O)c2c1. The molecule has 0 radical (unpaired) electrons. The summed E-state index contributed by atoms with van der Waals surface area (Å²) in [6.45, 7) is 2.62. The van der Waals surface area contributed by atoms with Crippen LogP contribution in [-0.4, -0.2) is 14.6 Å². The molecule has 0 saturated heterocycles. The van der Waals surface area contributed by atoms with Gasteiger partial charge in [-0.1, -0.05) is 53.3 Å². The second kappa shape index (κ2) is 5.48. The topological polar surface area (TPSA) is 59.3 Å². The van der Waals surface area contributed by atoms with Gasteiger partial charge in [-0.3, -0.25) is 4.79 Å². The highest BCUT2D eigenvalue weighted by Gasteiger charge is 2.10. The minimum atomic E-state index is -0.127. The largest absolute Gasteiger partial charge is 0.356 e. The molecular formula is C17H14N4OS. The smallest absolute Gasteiger partial charge is 0.283 e. The van der Waals surface area contributed by atoms with Gasteiger partial charge >= 0.3 is 0 Å². The van der Waals surface area contributed by atoms with Crippen molar-refractivity contribution in [3.8, 4) is 0 Å². The molecular weight excluding hydrogens is 308 g/mol. The van der Waals surface area contributed by atoms with Crippen molar-refractivity contribution in [2.75, 3.05) is 5.32 Å². The van der Waals surface area contributed by atoms with Gasteiger partial charge in [0.1, 0.15) is 0 Å². The number of aromatic nitrogens is 3. The van der Waals surface area contributed by atoms with Gasteiger partial charge in [0.05, 0.1) is 10.9 Å². The fourth-order valence-corrected chi connectivity index (χ4v) is 3.26. The average Bonchev–Trinajstić information content (AvgIpc) is 2.98. The summed E-state index contributed by atoms with van der Waals surface area (Å²) < 4.78 is 1.37. The fraction of sp³-hybridized carbons (Fsp3) is 0.118. The molecule has 2 aromatic heterocycles. The van der Waals surface area contributed by atoms with Gasteiger partial charge in [0, 0.05) is 6.54 Å². The van der Waals surface area contributed by atoms with E-state index in [-0.39, 0.29) is 5.56 Å². The molecule has 0 saturated carbocycles. The van der Waals surface area contributed by atoms with E-state index in [9.17, 15) is 4.79 Å². The average molecular weight is 322 g/mol. The highest BCUT2D eigenvalue weighted by atomic mass is 32.1. The Bertz CT molecular complexity index is 1050. The fourth-order valence-electron chi connectivity index (χ4n) is 2.47. The third-order valence-corrected chi connectivity index (χ3v) is 4.50. The Morgan fingerprint density at radius 3 is 2.83 bits per heavy atom. The monoisotopic (exact) mass is 322 g/mol. The summed E-state index contributed by atoms with van der Waals surface area (Å²) in [5.41, 5.74) is 2.78. The number of nitrogens with one attached hydrogen (secondary N) is 1. The van der Waals surface area contributed by atoms with Crippen molar-refractivity contribution in [3.63, 3.8) is 0 Å². The Hall–Kier alpha value is -2.73. The number of benzene rings is 2. The lowest BCUT2D eigenvalue weighted by molar-refractivity contribution is 0.910. The predicted molar refractivity (Wildman–Crippen MR) is 93.1 cm³/mol. The van der Waals surface area contributed by atoms with E-state index in [2.05, 4.69) is 15.4 Å². The van der Waals surface area contributed by atoms with E-state index in [0.717, 1.165) is 11.1 Å². The lowest BCUT2D eigenvalue weighted by atomic mass is 10.2. The van der Waals surface area contributed by atoms with Crippen molar-refractivity contribution in [1.82, 2.24) is 14.6 Å². The second-order valence-corrected chi connectivity index (χ2v) is 6.33. The van der Waals surface area contributed by atoms with Gasteiger partial charge in [0.25, 0.3) is 5.56 Å². The number of anilines is 1. The Morgan fingerprint density at radius 1 is 1.17 bits per heavy atom. The van der Waals surface area contributed by atoms with Crippen LogP contribution in [-0.2, 0) is 6.54 Å². The molecule has 0 amide bonds. The molecule has 0 fully saturated rings. The summed E-state index contributed by atoms with van der Waals surface area (Å²) in [6, 6.07) is 15.8. The molecule has 4 rings (SSSR count). The third kappa shape index (κ3) is 2.57. The van der Waals surface area contributed by atoms with E-state index in [1.165, 1.54) is 15.9 Å². The Morgan fingerprint density at radius 2 is 2.00 bits per heavy atom. The van der Waals surface area contributed by atoms with E-state index in [1.807, 2.05) is 55.5 Å². The van der Waals surface area contributed by atoms with Crippen LogP contribution in [0.2, 0.25) is 0 Å². The minimum absolute atomic E-state index is 0.127. The van der Waals surface area contributed by atoms with Crippen LogP contribution in [0.3, 0.4) is 0 Å². The van der Waals surface area contributed by atoms with Crippen LogP contribution in [0.5, 0.6) is 0 Å². The summed E-state index contributed by atoms with van der Waals surface area (Å²) >= 11 is 1.38. The molecule has 23 heavy (non-hydrogen) atoms. The molecule has 6 heteroatoms. The number of aryl methyl sites for hydroxylation is 1. The summed E-state index contributed by atoms with van der Waals surface area (Å²) in [4.78, 5) is 17.7. The summed E-state index contributed by atoms with van der Waals surface area (Å²) in [5, 5.41) is 8.89. The number of hydrogen-bond donors (Lipinski definition) is 1. The summed E-state index contributed by atoms with van der Waals surface area (Å²) in [6.07, 6.45) is 0. The van der Waals surface area contributed by atoms with Crippen LogP contribution in [0.4, 0.5) is 5.13 Å². The highest BCUT2D eigenvalue weighted by molar-refractivity contribution is 7.20. The molecule has 0 atom stereocenters. The van der Waals surface area contributed by atoms with Gasteiger partial charge in [-0.05, 0) is 24.6 Å². The van der Waals surface area contributed by atoms with Gasteiger partial charge < -0.3 is 5.32 Å². The summed E-state index contributed by atoms with van der Waals surface area (Å²) in [7, 11) is 0. The van der Waals surface area contributed by atoms with Crippen molar-refractivity contribution < 1.29 is 0 Å². The molecule has 0 bridgehead atoms. The Labute approximate surface area is 136 Å². The first kappa shape index (κ1) is 13.9. The van der Waals surface area contributed by atoms with Gasteiger partial charge in [-0.15, -0.1) is 5.10 Å². The maximum atomic E-state index is 12.6. The van der Waals surface area contributed by atoms with Crippen molar-refractivity contribution >= 4 is 32.3 Å². The Balaban J connectivity index is 1.74. The molecule has 0 spiro atoms. The normalized spacial score (nSPS) is 11.2. The van der Waals surface area contributed by atoms with Crippen molar-refractivity contribution in [3.05, 3.63) is 70.0 Å². The second-order valence-electron chi connectivity index (χ2n) is 5.38. The van der Waals surface area contributed by atoms with Crippen molar-refractivity contribution in [2.24, 2.45) is 0 Å². The first-order chi connectivity index (χ1) is 11.2. The minimum Gasteiger partial charge on any atom is -0.356 e. The lowest BCUT2D eigenvalue weighted by Gasteiger charge is -2.00. The number of rotatable bonds is 3. The van der Waals surface area contributed by atoms with Crippen LogP contribution >= 0.6 is 11.3 Å². The molecule has 4 aromatic rings. The van der Waals surface area contributed by atoms with E-state index >= 15 is 0 Å². The first-order valence-electron chi connectivity index (χ1n) is 7.29. The van der Waals surface area contributed by atoms with E-state index in [1.54, 1.807) is 0 Å². The van der Waals surface area contributed by atoms with Gasteiger partial charge in [-0.25, -0.2) is 4.98 Å². The molecule has 114 valence electrons. The van der Waals surface area contributed by atoms with Crippen molar-refractivity contribution in [1.29, 1.82) is 0 Å². The predicted octanol–water partition coefficient (Wildman–Crippen LogP) is 3.22. The number of fused-ring (bicyclic) bond motifs is 2. The van der Waals surface area contributed by atoms with E-state index < -0.39 is 0 Å².